The molecule has 0 atom stereocenters. The highest BCUT2D eigenvalue weighted by Gasteiger charge is 2.51. The molecule has 1 aliphatic carbocycles. The Morgan fingerprint density at radius 3 is 2.25 bits per heavy atom. The van der Waals surface area contributed by atoms with Gasteiger partial charge in [0, 0.05) is 18.7 Å². The van der Waals surface area contributed by atoms with Crippen molar-refractivity contribution in [1.29, 1.82) is 0 Å². The molecule has 0 heterocycles. The van der Waals surface area contributed by atoms with Gasteiger partial charge in [-0.05, 0) is 54.0 Å². The number of carbonyl (C=O) groups excluding carboxylic acids is 2. The molecule has 2 aromatic carbocycles. The van der Waals surface area contributed by atoms with E-state index < -0.39 is 5.41 Å². The van der Waals surface area contributed by atoms with Crippen LogP contribution in [0.15, 0.2) is 48.5 Å². The average molecular weight is 379 g/mol. The Hall–Kier alpha value is -2.62. The van der Waals surface area contributed by atoms with Gasteiger partial charge in [-0.15, -0.1) is 0 Å². The van der Waals surface area contributed by atoms with Crippen molar-refractivity contribution < 1.29 is 9.59 Å². The number of hydrogen-bond acceptors (Lipinski definition) is 2. The molecule has 28 heavy (non-hydrogen) atoms. The second-order valence-electron chi connectivity index (χ2n) is 8.65. The summed E-state index contributed by atoms with van der Waals surface area (Å²) in [7, 11) is 0. The molecule has 2 aromatic rings. The normalized spacial score (nSPS) is 15.0. The third-order valence-corrected chi connectivity index (χ3v) is 5.47. The van der Waals surface area contributed by atoms with E-state index in [4.69, 9.17) is 0 Å². The molecule has 0 saturated heterocycles. The zero-order valence-electron chi connectivity index (χ0n) is 17.3. The first-order valence-corrected chi connectivity index (χ1v) is 10.0. The molecule has 4 heteroatoms. The summed E-state index contributed by atoms with van der Waals surface area (Å²) in [5.41, 5.74) is 3.62. The molecule has 1 aliphatic rings. The van der Waals surface area contributed by atoms with E-state index in [2.05, 4.69) is 55.7 Å². The molecule has 0 aliphatic heterocycles. The third kappa shape index (κ3) is 4.27. The van der Waals surface area contributed by atoms with E-state index >= 15 is 0 Å². The maximum absolute atomic E-state index is 12.9. The molecule has 148 valence electrons. The minimum Gasteiger partial charge on any atom is -0.352 e. The number of hydrogen-bond donors (Lipinski definition) is 2. The SMILES string of the molecule is CCNC(=O)c1cccc(CNC(=O)C2(c3ccc(C(C)(C)C)cc3)CC2)c1. The summed E-state index contributed by atoms with van der Waals surface area (Å²) < 4.78 is 0. The van der Waals surface area contributed by atoms with Gasteiger partial charge in [-0.3, -0.25) is 9.59 Å². The number of amides is 2. The maximum atomic E-state index is 12.9. The van der Waals surface area contributed by atoms with Crippen LogP contribution in [0.25, 0.3) is 0 Å². The standard InChI is InChI=1S/C24H30N2O2/c1-5-25-21(27)18-8-6-7-17(15-18)16-26-22(28)24(13-14-24)20-11-9-19(10-12-20)23(2,3)4/h6-12,15H,5,13-14,16H2,1-4H3,(H,25,27)(H,26,28). The quantitative estimate of drug-likeness (QED) is 0.796. The van der Waals surface area contributed by atoms with Crippen molar-refractivity contribution in [3.8, 4) is 0 Å². The molecule has 2 N–H and O–H groups in total. The first-order valence-electron chi connectivity index (χ1n) is 10.0. The summed E-state index contributed by atoms with van der Waals surface area (Å²) in [5, 5.41) is 5.87. The van der Waals surface area contributed by atoms with Crippen LogP contribution in [0.3, 0.4) is 0 Å². The Labute approximate surface area is 167 Å². The number of benzene rings is 2. The molecule has 3 rings (SSSR count). The average Bonchev–Trinajstić information content (AvgIpc) is 3.48. The van der Waals surface area contributed by atoms with E-state index in [0.717, 1.165) is 24.0 Å². The summed E-state index contributed by atoms with van der Waals surface area (Å²) in [6.07, 6.45) is 1.76. The number of rotatable bonds is 6. The van der Waals surface area contributed by atoms with E-state index in [1.54, 1.807) is 6.07 Å². The molecule has 0 spiro atoms. The number of carbonyl (C=O) groups is 2. The molecule has 0 radical (unpaired) electrons. The summed E-state index contributed by atoms with van der Waals surface area (Å²) in [5.74, 6) is -0.0206. The molecule has 0 aromatic heterocycles. The number of nitrogens with one attached hydrogen (secondary N) is 2. The predicted octanol–water partition coefficient (Wildman–Crippen LogP) is 4.08. The van der Waals surface area contributed by atoms with E-state index in [1.807, 2.05) is 25.1 Å². The lowest BCUT2D eigenvalue weighted by molar-refractivity contribution is -0.123. The minimum atomic E-state index is -0.395. The first-order chi connectivity index (χ1) is 13.3. The molecule has 0 bridgehead atoms. The van der Waals surface area contributed by atoms with Gasteiger partial charge in [0.05, 0.1) is 5.41 Å². The molecular formula is C24H30N2O2. The van der Waals surface area contributed by atoms with Gasteiger partial charge < -0.3 is 10.6 Å². The second-order valence-corrected chi connectivity index (χ2v) is 8.65. The lowest BCUT2D eigenvalue weighted by Crippen LogP contribution is -2.34. The molecule has 1 saturated carbocycles. The zero-order chi connectivity index (χ0) is 20.4. The van der Waals surface area contributed by atoms with Gasteiger partial charge >= 0.3 is 0 Å². The zero-order valence-corrected chi connectivity index (χ0v) is 17.3. The maximum Gasteiger partial charge on any atom is 0.251 e. The lowest BCUT2D eigenvalue weighted by Gasteiger charge is -2.21. The van der Waals surface area contributed by atoms with Crippen molar-refractivity contribution >= 4 is 11.8 Å². The van der Waals surface area contributed by atoms with Crippen molar-refractivity contribution in [2.24, 2.45) is 0 Å². The van der Waals surface area contributed by atoms with Crippen LogP contribution in [0.4, 0.5) is 0 Å². The molecule has 0 unspecified atom stereocenters. The van der Waals surface area contributed by atoms with Crippen molar-refractivity contribution in [3.63, 3.8) is 0 Å². The Bertz CT molecular complexity index is 859. The van der Waals surface area contributed by atoms with Crippen molar-refractivity contribution in [3.05, 3.63) is 70.8 Å². The van der Waals surface area contributed by atoms with E-state index in [0.29, 0.717) is 18.7 Å². The molecule has 4 nitrogen and oxygen atoms in total. The topological polar surface area (TPSA) is 58.2 Å². The van der Waals surface area contributed by atoms with Crippen LogP contribution in [0.1, 0.15) is 67.6 Å². The third-order valence-electron chi connectivity index (χ3n) is 5.47. The van der Waals surface area contributed by atoms with Gasteiger partial charge in [-0.2, -0.15) is 0 Å². The van der Waals surface area contributed by atoms with E-state index in [9.17, 15) is 9.59 Å². The highest BCUT2D eigenvalue weighted by Crippen LogP contribution is 2.48. The largest absolute Gasteiger partial charge is 0.352 e. The highest BCUT2D eigenvalue weighted by molar-refractivity contribution is 5.94. The molecule has 2 amide bonds. The van der Waals surface area contributed by atoms with Crippen LogP contribution in [-0.2, 0) is 22.2 Å². The molecular weight excluding hydrogens is 348 g/mol. The Balaban J connectivity index is 1.67. The fourth-order valence-electron chi connectivity index (χ4n) is 3.50. The Morgan fingerprint density at radius 2 is 1.68 bits per heavy atom. The minimum absolute atomic E-state index is 0.0689. The summed E-state index contributed by atoms with van der Waals surface area (Å²) in [6.45, 7) is 9.48. The van der Waals surface area contributed by atoms with Gasteiger partial charge in [-0.25, -0.2) is 0 Å². The van der Waals surface area contributed by atoms with Gasteiger partial charge in [0.25, 0.3) is 5.91 Å². The monoisotopic (exact) mass is 378 g/mol. The van der Waals surface area contributed by atoms with Crippen molar-refractivity contribution in [2.45, 2.75) is 57.9 Å². The Morgan fingerprint density at radius 1 is 1.00 bits per heavy atom. The van der Waals surface area contributed by atoms with Crippen LogP contribution in [0.2, 0.25) is 0 Å². The van der Waals surface area contributed by atoms with Crippen LogP contribution in [-0.4, -0.2) is 18.4 Å². The smallest absolute Gasteiger partial charge is 0.251 e. The van der Waals surface area contributed by atoms with Gasteiger partial charge in [0.15, 0.2) is 0 Å². The fraction of sp³-hybridized carbons (Fsp3) is 0.417. The van der Waals surface area contributed by atoms with E-state index in [1.165, 1.54) is 5.56 Å². The first kappa shape index (κ1) is 20.1. The van der Waals surface area contributed by atoms with Crippen LogP contribution >= 0.6 is 0 Å². The Kier molecular flexibility index (Phi) is 5.59. The van der Waals surface area contributed by atoms with Gasteiger partial charge in [0.2, 0.25) is 5.91 Å². The van der Waals surface area contributed by atoms with Gasteiger partial charge in [-0.1, -0.05) is 57.2 Å². The fourth-order valence-corrected chi connectivity index (χ4v) is 3.50. The summed E-state index contributed by atoms with van der Waals surface area (Å²) in [4.78, 5) is 24.9. The predicted molar refractivity (Wildman–Crippen MR) is 112 cm³/mol. The van der Waals surface area contributed by atoms with Crippen LogP contribution < -0.4 is 10.6 Å². The van der Waals surface area contributed by atoms with Crippen molar-refractivity contribution in [1.82, 2.24) is 10.6 Å². The van der Waals surface area contributed by atoms with Crippen molar-refractivity contribution in [2.75, 3.05) is 6.54 Å². The second kappa shape index (κ2) is 7.78. The van der Waals surface area contributed by atoms with Crippen LogP contribution in [0.5, 0.6) is 0 Å². The van der Waals surface area contributed by atoms with Crippen LogP contribution in [0, 0.1) is 0 Å². The van der Waals surface area contributed by atoms with Gasteiger partial charge in [0.1, 0.15) is 0 Å². The summed E-state index contributed by atoms with van der Waals surface area (Å²) >= 11 is 0. The highest BCUT2D eigenvalue weighted by atomic mass is 16.2. The lowest BCUT2D eigenvalue weighted by atomic mass is 9.85. The summed E-state index contributed by atoms with van der Waals surface area (Å²) in [6, 6.07) is 15.9. The molecule has 1 fully saturated rings. The van der Waals surface area contributed by atoms with E-state index in [-0.39, 0.29) is 17.2 Å².